The molecule has 1 aromatic heterocycles. The van der Waals surface area contributed by atoms with Crippen LogP contribution in [-0.2, 0) is 17.1 Å². The van der Waals surface area contributed by atoms with Gasteiger partial charge in [-0.2, -0.15) is 36.0 Å². The zero-order chi connectivity index (χ0) is 28.3. The fraction of sp³-hybridized carbons (Fsp3) is 0.222. The average Bonchev–Trinajstić information content (AvgIpc) is 3.19. The number of benzene rings is 2. The number of carbonyl (C=O) groups excluding carboxylic acids is 1. The van der Waals surface area contributed by atoms with E-state index in [1.165, 1.54) is 0 Å². The molecule has 1 N–H and O–H groups in total. The maximum absolute atomic E-state index is 12.9. The first kappa shape index (κ1) is 28.3. The number of tetrazole rings is 1. The molecule has 0 saturated carbocycles. The molecular weight excluding hydrogens is 524 g/mol. The molecule has 3 aromatic rings. The highest BCUT2D eigenvalue weighted by Crippen LogP contribution is 2.39. The third-order valence-electron chi connectivity index (χ3n) is 4.63. The molecule has 13 nitrogen and oxygen atoms in total. The number of alkyl halides is 6. The van der Waals surface area contributed by atoms with E-state index in [1.807, 2.05) is 5.10 Å². The summed E-state index contributed by atoms with van der Waals surface area (Å²) in [5, 5.41) is 29.5. The van der Waals surface area contributed by atoms with Crippen LogP contribution in [0.15, 0.2) is 34.1 Å². The summed E-state index contributed by atoms with van der Waals surface area (Å²) in [6.45, 7) is 2.16. The lowest BCUT2D eigenvalue weighted by Gasteiger charge is -2.13. The van der Waals surface area contributed by atoms with Gasteiger partial charge in [0.1, 0.15) is 0 Å². The van der Waals surface area contributed by atoms with Gasteiger partial charge in [-0.25, -0.2) is 14.7 Å². The summed E-state index contributed by atoms with van der Waals surface area (Å²) in [6, 6.07) is 2.42. The molecule has 0 radical (unpaired) electrons. The number of nitrogens with zero attached hydrogens (tertiary/aromatic N) is 6. The molecule has 0 spiro atoms. The minimum atomic E-state index is -4.79. The molecule has 2 aromatic carbocycles. The fourth-order valence-electron chi connectivity index (χ4n) is 2.91. The Morgan fingerprint density at radius 2 is 1.41 bits per heavy atom. The summed E-state index contributed by atoms with van der Waals surface area (Å²) in [5.74, 6) is 0. The van der Waals surface area contributed by atoms with Crippen LogP contribution in [0.5, 0.6) is 0 Å². The number of non-ortho nitro benzene ring substituents is 2. The number of H-pyrrole nitrogens is 1. The molecule has 0 fully saturated rings. The zero-order valence-electron chi connectivity index (χ0n) is 18.2. The van der Waals surface area contributed by atoms with Crippen LogP contribution < -0.4 is 5.69 Å². The number of hydrogen-bond acceptors (Lipinski definition) is 9. The highest BCUT2D eigenvalue weighted by molar-refractivity contribution is 5.61. The van der Waals surface area contributed by atoms with Gasteiger partial charge in [-0.05, 0) is 35.4 Å². The van der Waals surface area contributed by atoms with E-state index in [4.69, 9.17) is 0 Å². The first-order valence-corrected chi connectivity index (χ1v) is 9.30. The highest BCUT2D eigenvalue weighted by Gasteiger charge is 2.36. The van der Waals surface area contributed by atoms with Crippen LogP contribution >= 0.6 is 0 Å². The predicted molar refractivity (Wildman–Crippen MR) is 109 cm³/mol. The van der Waals surface area contributed by atoms with Gasteiger partial charge in [-0.15, -0.1) is 0 Å². The minimum absolute atomic E-state index is 0.355. The van der Waals surface area contributed by atoms with E-state index in [0.717, 1.165) is 32.1 Å². The van der Waals surface area contributed by atoms with Gasteiger partial charge in [-0.3, -0.25) is 20.2 Å². The Morgan fingerprint density at radius 3 is 1.81 bits per heavy atom. The Morgan fingerprint density at radius 1 is 0.919 bits per heavy atom. The number of aromatic amines is 1. The second-order valence-electron chi connectivity index (χ2n) is 6.91. The molecule has 0 unspecified atom stereocenters. The van der Waals surface area contributed by atoms with Gasteiger partial charge < -0.3 is 0 Å². The SMILES string of the molecule is Cc1c(-n2nn[nH]c2=O)cc([N+](=O)[O-])cc1C(F)(F)F.Cc1c(N=C=O)cc([N+](=O)[O-])cc1C(F)(F)F. The highest BCUT2D eigenvalue weighted by atomic mass is 19.4. The van der Waals surface area contributed by atoms with Gasteiger partial charge in [0.15, 0.2) is 0 Å². The van der Waals surface area contributed by atoms with E-state index < -0.39 is 56.1 Å². The number of hydrogen-bond donors (Lipinski definition) is 1. The van der Waals surface area contributed by atoms with E-state index in [0.29, 0.717) is 16.8 Å². The number of nitro groups is 2. The summed E-state index contributed by atoms with van der Waals surface area (Å²) in [7, 11) is 0. The first-order valence-electron chi connectivity index (χ1n) is 9.30. The van der Waals surface area contributed by atoms with Crippen molar-refractivity contribution in [2.75, 3.05) is 0 Å². The molecule has 19 heteroatoms. The number of aliphatic imine (C=N–C) groups is 1. The lowest BCUT2D eigenvalue weighted by Crippen LogP contribution is -2.19. The predicted octanol–water partition coefficient (Wildman–Crippen LogP) is 4.08. The van der Waals surface area contributed by atoms with Crippen molar-refractivity contribution < 1.29 is 41.0 Å². The van der Waals surface area contributed by atoms with E-state index in [1.54, 1.807) is 0 Å². The van der Waals surface area contributed by atoms with Gasteiger partial charge >= 0.3 is 18.0 Å². The Balaban J connectivity index is 0.000000264. The van der Waals surface area contributed by atoms with Crippen molar-refractivity contribution in [1.82, 2.24) is 20.2 Å². The number of nitrogens with one attached hydrogen (secondary N) is 1. The number of isocyanates is 1. The lowest BCUT2D eigenvalue weighted by molar-refractivity contribution is -0.385. The van der Waals surface area contributed by atoms with Crippen molar-refractivity contribution in [2.45, 2.75) is 26.2 Å². The molecule has 1 heterocycles. The molecule has 0 bridgehead atoms. The Labute approximate surface area is 199 Å². The molecule has 0 aliphatic carbocycles. The summed E-state index contributed by atoms with van der Waals surface area (Å²) < 4.78 is 76.8. The Hall–Kier alpha value is -4.93. The molecule has 37 heavy (non-hydrogen) atoms. The van der Waals surface area contributed by atoms with Crippen molar-refractivity contribution >= 4 is 23.1 Å². The Kier molecular flexibility index (Phi) is 7.93. The van der Waals surface area contributed by atoms with Crippen LogP contribution in [0.4, 0.5) is 43.4 Å². The molecule has 0 saturated heterocycles. The summed E-state index contributed by atoms with van der Waals surface area (Å²) >= 11 is 0. The van der Waals surface area contributed by atoms with Gasteiger partial charge in [-0.1, -0.05) is 0 Å². The third-order valence-corrected chi connectivity index (χ3v) is 4.63. The van der Waals surface area contributed by atoms with E-state index in [-0.39, 0.29) is 16.8 Å². The van der Waals surface area contributed by atoms with Crippen LogP contribution in [0.1, 0.15) is 22.3 Å². The van der Waals surface area contributed by atoms with Gasteiger partial charge in [0.25, 0.3) is 11.4 Å². The average molecular weight is 535 g/mol. The number of rotatable bonds is 4. The zero-order valence-corrected chi connectivity index (χ0v) is 18.2. The van der Waals surface area contributed by atoms with Gasteiger partial charge in [0, 0.05) is 24.3 Å². The van der Waals surface area contributed by atoms with Crippen molar-refractivity contribution in [3.05, 3.63) is 77.2 Å². The smallest absolute Gasteiger partial charge is 0.258 e. The van der Waals surface area contributed by atoms with Crippen molar-refractivity contribution in [2.24, 2.45) is 4.99 Å². The maximum Gasteiger partial charge on any atom is 0.416 e. The van der Waals surface area contributed by atoms with E-state index in [9.17, 15) is 56.2 Å². The molecule has 0 amide bonds. The van der Waals surface area contributed by atoms with Crippen molar-refractivity contribution in [3.63, 3.8) is 0 Å². The molecule has 0 aliphatic heterocycles. The van der Waals surface area contributed by atoms with Crippen LogP contribution in [0, 0.1) is 34.1 Å². The molecular formula is C18H11F6N7O6. The van der Waals surface area contributed by atoms with Crippen LogP contribution in [-0.4, -0.2) is 36.1 Å². The minimum Gasteiger partial charge on any atom is -0.258 e. The molecule has 3 rings (SSSR count). The molecule has 0 atom stereocenters. The molecule has 196 valence electrons. The van der Waals surface area contributed by atoms with Crippen molar-refractivity contribution in [3.8, 4) is 5.69 Å². The fourth-order valence-corrected chi connectivity index (χ4v) is 2.91. The number of nitro benzene ring substituents is 2. The number of aromatic nitrogens is 4. The van der Waals surface area contributed by atoms with Crippen LogP contribution in [0.25, 0.3) is 5.69 Å². The second kappa shape index (κ2) is 10.4. The monoisotopic (exact) mass is 535 g/mol. The van der Waals surface area contributed by atoms with Gasteiger partial charge in [0.05, 0.1) is 32.3 Å². The largest absolute Gasteiger partial charge is 0.416 e. The van der Waals surface area contributed by atoms with Crippen molar-refractivity contribution in [1.29, 1.82) is 0 Å². The standard InChI is InChI=1S/C9H6F3N5O3.C9H5F3N2O3/c1-4-6(9(10,11)12)2-5(17(19)20)3-7(4)16-8(18)13-14-15-16;1-5-7(9(10,11)12)2-6(14(16)17)3-8(5)13-4-15/h2-3H,1H3,(H,13,15,18);2-3H,1H3. The lowest BCUT2D eigenvalue weighted by atomic mass is 10.1. The van der Waals surface area contributed by atoms with E-state index in [2.05, 4.69) is 15.4 Å². The second-order valence-corrected chi connectivity index (χ2v) is 6.91. The quantitative estimate of drug-likeness (QED) is 0.171. The maximum atomic E-state index is 12.9. The number of halogens is 6. The topological polar surface area (TPSA) is 179 Å². The van der Waals surface area contributed by atoms with Crippen LogP contribution in [0.3, 0.4) is 0 Å². The third kappa shape index (κ3) is 6.40. The Bertz CT molecular complexity index is 1470. The molecule has 0 aliphatic rings. The van der Waals surface area contributed by atoms with E-state index >= 15 is 0 Å². The van der Waals surface area contributed by atoms with Crippen LogP contribution in [0.2, 0.25) is 0 Å². The summed E-state index contributed by atoms with van der Waals surface area (Å²) in [5.41, 5.74) is -6.37. The summed E-state index contributed by atoms with van der Waals surface area (Å²) in [4.78, 5) is 43.6. The normalized spacial score (nSPS) is 11.2. The van der Waals surface area contributed by atoms with Gasteiger partial charge in [0.2, 0.25) is 6.08 Å². The summed E-state index contributed by atoms with van der Waals surface area (Å²) in [6.07, 6.45) is -8.49. The first-order chi connectivity index (χ1) is 17.0.